The summed E-state index contributed by atoms with van der Waals surface area (Å²) in [6.07, 6.45) is -0.636. The molecule has 2 nitrogen and oxygen atoms in total. The summed E-state index contributed by atoms with van der Waals surface area (Å²) in [5.74, 6) is -0.290. The van der Waals surface area contributed by atoms with E-state index in [0.29, 0.717) is 6.54 Å². The van der Waals surface area contributed by atoms with E-state index in [1.54, 1.807) is 12.1 Å². The molecule has 0 amide bonds. The number of halogens is 1. The van der Waals surface area contributed by atoms with E-state index in [1.165, 1.54) is 23.3 Å². The van der Waals surface area contributed by atoms with Crippen molar-refractivity contribution in [2.75, 3.05) is 6.54 Å². The van der Waals surface area contributed by atoms with Crippen LogP contribution in [-0.4, -0.2) is 11.7 Å². The van der Waals surface area contributed by atoms with Gasteiger partial charge in [-0.1, -0.05) is 42.0 Å². The van der Waals surface area contributed by atoms with Gasteiger partial charge in [-0.15, -0.1) is 0 Å². The van der Waals surface area contributed by atoms with Crippen LogP contribution in [0.1, 0.15) is 35.8 Å². The van der Waals surface area contributed by atoms with Crippen molar-refractivity contribution in [3.05, 3.63) is 71.0 Å². The monoisotopic (exact) mass is 273 g/mol. The third-order valence-electron chi connectivity index (χ3n) is 3.41. The molecule has 0 fully saturated rings. The minimum absolute atomic E-state index is 0.157. The zero-order valence-electron chi connectivity index (χ0n) is 11.8. The van der Waals surface area contributed by atoms with Crippen LogP contribution in [0.3, 0.4) is 0 Å². The van der Waals surface area contributed by atoms with Crippen LogP contribution in [0, 0.1) is 12.7 Å². The summed E-state index contributed by atoms with van der Waals surface area (Å²) in [5, 5.41) is 13.4. The Morgan fingerprint density at radius 3 is 2.45 bits per heavy atom. The number of aryl methyl sites for hydroxylation is 1. The third-order valence-corrected chi connectivity index (χ3v) is 3.41. The summed E-state index contributed by atoms with van der Waals surface area (Å²) in [4.78, 5) is 0. The van der Waals surface area contributed by atoms with Crippen molar-refractivity contribution in [3.8, 4) is 0 Å². The zero-order chi connectivity index (χ0) is 14.5. The maximum absolute atomic E-state index is 12.8. The minimum atomic E-state index is -0.636. The van der Waals surface area contributed by atoms with Crippen LogP contribution in [-0.2, 0) is 0 Å². The largest absolute Gasteiger partial charge is 0.387 e. The van der Waals surface area contributed by atoms with E-state index in [9.17, 15) is 9.50 Å². The lowest BCUT2D eigenvalue weighted by Gasteiger charge is -2.18. The first kappa shape index (κ1) is 14.7. The molecule has 0 saturated heterocycles. The van der Waals surface area contributed by atoms with E-state index < -0.39 is 6.10 Å². The Labute approximate surface area is 119 Å². The van der Waals surface area contributed by atoms with Gasteiger partial charge in [-0.25, -0.2) is 4.39 Å². The van der Waals surface area contributed by atoms with Crippen molar-refractivity contribution in [3.63, 3.8) is 0 Å². The molecule has 0 heterocycles. The van der Waals surface area contributed by atoms with Gasteiger partial charge < -0.3 is 10.4 Å². The molecular weight excluding hydrogens is 253 g/mol. The molecule has 20 heavy (non-hydrogen) atoms. The van der Waals surface area contributed by atoms with Crippen molar-refractivity contribution >= 4 is 0 Å². The predicted octanol–water partition coefficient (Wildman–Crippen LogP) is 3.52. The van der Waals surface area contributed by atoms with Crippen LogP contribution in [0.15, 0.2) is 48.5 Å². The van der Waals surface area contributed by atoms with Crippen LogP contribution in [0.4, 0.5) is 4.39 Å². The minimum Gasteiger partial charge on any atom is -0.387 e. The summed E-state index contributed by atoms with van der Waals surface area (Å²) in [6.45, 7) is 4.55. The summed E-state index contributed by atoms with van der Waals surface area (Å²) < 4.78 is 12.8. The van der Waals surface area contributed by atoms with Gasteiger partial charge in [0, 0.05) is 12.6 Å². The molecule has 2 rings (SSSR count). The molecule has 2 N–H and O–H groups in total. The number of hydrogen-bond donors (Lipinski definition) is 2. The molecular formula is C17H20FNO. The van der Waals surface area contributed by atoms with E-state index in [1.807, 2.05) is 6.07 Å². The quantitative estimate of drug-likeness (QED) is 0.873. The maximum Gasteiger partial charge on any atom is 0.123 e. The van der Waals surface area contributed by atoms with Gasteiger partial charge in [-0.2, -0.15) is 0 Å². The summed E-state index contributed by atoms with van der Waals surface area (Å²) in [7, 11) is 0. The normalized spacial score (nSPS) is 14.0. The van der Waals surface area contributed by atoms with Crippen LogP contribution in [0.25, 0.3) is 0 Å². The Morgan fingerprint density at radius 2 is 1.80 bits per heavy atom. The first-order chi connectivity index (χ1) is 9.56. The maximum atomic E-state index is 12.8. The first-order valence-corrected chi connectivity index (χ1v) is 6.80. The summed E-state index contributed by atoms with van der Waals surface area (Å²) in [5.41, 5.74) is 3.13. The van der Waals surface area contributed by atoms with E-state index in [0.717, 1.165) is 5.56 Å². The van der Waals surface area contributed by atoms with Crippen molar-refractivity contribution in [1.82, 2.24) is 5.32 Å². The Hall–Kier alpha value is -1.71. The fourth-order valence-corrected chi connectivity index (χ4v) is 2.15. The predicted molar refractivity (Wildman–Crippen MR) is 79.0 cm³/mol. The Morgan fingerprint density at radius 1 is 1.10 bits per heavy atom. The highest BCUT2D eigenvalue weighted by atomic mass is 19.1. The molecule has 2 aromatic rings. The van der Waals surface area contributed by atoms with Crippen molar-refractivity contribution in [2.24, 2.45) is 0 Å². The van der Waals surface area contributed by atoms with Crippen molar-refractivity contribution < 1.29 is 9.50 Å². The highest BCUT2D eigenvalue weighted by Crippen LogP contribution is 2.17. The van der Waals surface area contributed by atoms with Gasteiger partial charge in [0.1, 0.15) is 5.82 Å². The van der Waals surface area contributed by atoms with Crippen molar-refractivity contribution in [2.45, 2.75) is 26.0 Å². The van der Waals surface area contributed by atoms with Gasteiger partial charge in [0.25, 0.3) is 0 Å². The van der Waals surface area contributed by atoms with Gasteiger partial charge in [-0.3, -0.25) is 0 Å². The zero-order valence-corrected chi connectivity index (χ0v) is 11.8. The molecule has 0 saturated carbocycles. The molecule has 2 atom stereocenters. The molecule has 2 aromatic carbocycles. The number of aliphatic hydroxyl groups is 1. The van der Waals surface area contributed by atoms with E-state index in [2.05, 4.69) is 37.4 Å². The van der Waals surface area contributed by atoms with Crippen LogP contribution >= 0.6 is 0 Å². The Bertz CT molecular complexity index is 553. The Kier molecular flexibility index (Phi) is 4.88. The third kappa shape index (κ3) is 3.89. The second kappa shape index (κ2) is 6.64. The average Bonchev–Trinajstić information content (AvgIpc) is 2.45. The lowest BCUT2D eigenvalue weighted by atomic mass is 10.0. The second-order valence-electron chi connectivity index (χ2n) is 5.11. The fourth-order valence-electron chi connectivity index (χ4n) is 2.15. The molecule has 0 radical (unpaired) electrons. The van der Waals surface area contributed by atoms with Gasteiger partial charge in [-0.05, 0) is 37.1 Å². The SMILES string of the molecule is Cc1cccc([C@H](C)NCC(O)c2ccc(F)cc2)c1. The standard InChI is InChI=1S/C17H20FNO/c1-12-4-3-5-15(10-12)13(2)19-11-17(20)14-6-8-16(18)9-7-14/h3-10,13,17,19-20H,11H2,1-2H3/t13-,17?/m0/s1. The molecule has 0 bridgehead atoms. The van der Waals surface area contributed by atoms with Gasteiger partial charge in [0.2, 0.25) is 0 Å². The van der Waals surface area contributed by atoms with E-state index in [-0.39, 0.29) is 11.9 Å². The molecule has 1 unspecified atom stereocenters. The second-order valence-corrected chi connectivity index (χ2v) is 5.11. The molecule has 106 valence electrons. The smallest absolute Gasteiger partial charge is 0.123 e. The average molecular weight is 273 g/mol. The van der Waals surface area contributed by atoms with E-state index >= 15 is 0 Å². The van der Waals surface area contributed by atoms with Gasteiger partial charge in [0.15, 0.2) is 0 Å². The van der Waals surface area contributed by atoms with Crippen molar-refractivity contribution in [1.29, 1.82) is 0 Å². The number of hydrogen-bond acceptors (Lipinski definition) is 2. The lowest BCUT2D eigenvalue weighted by Crippen LogP contribution is -2.24. The van der Waals surface area contributed by atoms with Gasteiger partial charge >= 0.3 is 0 Å². The van der Waals surface area contributed by atoms with E-state index in [4.69, 9.17) is 0 Å². The molecule has 0 aliphatic rings. The van der Waals surface area contributed by atoms with Crippen LogP contribution < -0.4 is 5.32 Å². The highest BCUT2D eigenvalue weighted by molar-refractivity contribution is 5.25. The first-order valence-electron chi connectivity index (χ1n) is 6.80. The lowest BCUT2D eigenvalue weighted by molar-refractivity contribution is 0.170. The topological polar surface area (TPSA) is 32.3 Å². The highest BCUT2D eigenvalue weighted by Gasteiger charge is 2.10. The summed E-state index contributed by atoms with van der Waals surface area (Å²) >= 11 is 0. The number of rotatable bonds is 5. The molecule has 0 aliphatic carbocycles. The molecule has 0 spiro atoms. The molecule has 0 aliphatic heterocycles. The number of aliphatic hydroxyl groups excluding tert-OH is 1. The summed E-state index contributed by atoms with van der Waals surface area (Å²) in [6, 6.07) is 14.4. The Balaban J connectivity index is 1.93. The van der Waals surface area contributed by atoms with Crippen LogP contribution in [0.5, 0.6) is 0 Å². The molecule has 0 aromatic heterocycles. The van der Waals surface area contributed by atoms with Gasteiger partial charge in [0.05, 0.1) is 6.10 Å². The molecule has 3 heteroatoms. The van der Waals surface area contributed by atoms with Crippen LogP contribution in [0.2, 0.25) is 0 Å². The number of benzene rings is 2. The fraction of sp³-hybridized carbons (Fsp3) is 0.294. The number of nitrogens with one attached hydrogen (secondary N) is 1.